The molecule has 3 aromatic heterocycles. The van der Waals surface area contributed by atoms with Crippen molar-refractivity contribution in [1.29, 1.82) is 0 Å². The minimum atomic E-state index is -4.99. The molecule has 0 saturated heterocycles. The van der Waals surface area contributed by atoms with Crippen molar-refractivity contribution >= 4 is 17.1 Å². The first kappa shape index (κ1) is 24.7. The lowest BCUT2D eigenvalue weighted by Gasteiger charge is -2.11. The van der Waals surface area contributed by atoms with Crippen molar-refractivity contribution in [3.05, 3.63) is 88.4 Å². The summed E-state index contributed by atoms with van der Waals surface area (Å²) in [5.41, 5.74) is 2.66. The molecule has 9 nitrogen and oxygen atoms in total. The molecule has 194 valence electrons. The first-order valence-corrected chi connectivity index (χ1v) is 11.2. The number of pyridine rings is 1. The minimum Gasteiger partial charge on any atom is -0.452 e. The first-order valence-electron chi connectivity index (χ1n) is 11.2. The predicted molar refractivity (Wildman–Crippen MR) is 129 cm³/mol. The van der Waals surface area contributed by atoms with Gasteiger partial charge in [0.15, 0.2) is 28.7 Å². The monoisotopic (exact) mass is 526 g/mol. The molecule has 0 radical (unpaired) electrons. The van der Waals surface area contributed by atoms with Crippen LogP contribution >= 0.6 is 0 Å². The second-order valence-electron chi connectivity index (χ2n) is 8.11. The quantitative estimate of drug-likeness (QED) is 0.312. The number of H-pyrrole nitrogens is 1. The van der Waals surface area contributed by atoms with Crippen molar-refractivity contribution in [1.82, 2.24) is 24.3 Å². The van der Waals surface area contributed by atoms with Crippen LogP contribution in [-0.4, -0.2) is 30.2 Å². The number of primary amides is 1. The predicted octanol–water partition coefficient (Wildman–Crippen LogP) is 4.65. The van der Waals surface area contributed by atoms with E-state index >= 15 is 4.39 Å². The number of carbonyl (C=O) groups is 1. The summed E-state index contributed by atoms with van der Waals surface area (Å²) in [5, 5.41) is 4.00. The van der Waals surface area contributed by atoms with Gasteiger partial charge in [0.25, 0.3) is 5.91 Å². The van der Waals surface area contributed by atoms with Crippen LogP contribution in [0.1, 0.15) is 23.0 Å². The zero-order valence-electron chi connectivity index (χ0n) is 19.6. The molecule has 0 spiro atoms. The highest BCUT2D eigenvalue weighted by atomic mass is 19.4. The third kappa shape index (κ3) is 4.17. The molecule has 3 N–H and O–H groups in total. The molecule has 5 aromatic rings. The van der Waals surface area contributed by atoms with Gasteiger partial charge in [-0.2, -0.15) is 18.3 Å². The average molecular weight is 526 g/mol. The Morgan fingerprint density at radius 1 is 1.11 bits per heavy atom. The van der Waals surface area contributed by atoms with Gasteiger partial charge in [-0.25, -0.2) is 18.9 Å². The maximum Gasteiger partial charge on any atom is 0.434 e. The summed E-state index contributed by atoms with van der Waals surface area (Å²) < 4.78 is 65.0. The van der Waals surface area contributed by atoms with Crippen LogP contribution in [0.15, 0.2) is 65.6 Å². The number of alkyl halides is 3. The Morgan fingerprint density at radius 2 is 1.84 bits per heavy atom. The van der Waals surface area contributed by atoms with Crippen molar-refractivity contribution in [2.24, 2.45) is 5.73 Å². The second kappa shape index (κ2) is 9.18. The van der Waals surface area contributed by atoms with E-state index in [1.165, 1.54) is 53.2 Å². The normalized spacial score (nSPS) is 11.7. The number of rotatable bonds is 6. The Morgan fingerprint density at radius 3 is 2.47 bits per heavy atom. The fourth-order valence-corrected chi connectivity index (χ4v) is 4.16. The van der Waals surface area contributed by atoms with Crippen molar-refractivity contribution in [3.8, 4) is 28.4 Å². The number of halogens is 4. The van der Waals surface area contributed by atoms with Crippen LogP contribution in [0.2, 0.25) is 0 Å². The zero-order valence-corrected chi connectivity index (χ0v) is 19.6. The van der Waals surface area contributed by atoms with E-state index in [2.05, 4.69) is 15.1 Å². The summed E-state index contributed by atoms with van der Waals surface area (Å²) in [6, 6.07) is 12.1. The molecule has 0 fully saturated rings. The fourth-order valence-electron chi connectivity index (χ4n) is 4.16. The molecule has 3 heterocycles. The van der Waals surface area contributed by atoms with Crippen LogP contribution in [0.25, 0.3) is 28.1 Å². The topological polar surface area (TPSA) is 121 Å². The highest BCUT2D eigenvalue weighted by molar-refractivity contribution is 6.00. The highest BCUT2D eigenvalue weighted by Crippen LogP contribution is 2.39. The van der Waals surface area contributed by atoms with Gasteiger partial charge in [-0.1, -0.05) is 18.2 Å². The maximum absolute atomic E-state index is 15.2. The van der Waals surface area contributed by atoms with Gasteiger partial charge in [0.2, 0.25) is 0 Å². The molecule has 13 heteroatoms. The number of aromatic amines is 1. The number of aryl methyl sites for hydroxylation is 1. The molecule has 1 amide bonds. The number of fused-ring (bicyclic) bond motifs is 1. The summed E-state index contributed by atoms with van der Waals surface area (Å²) in [5.74, 6) is -2.48. The number of imidazole rings is 1. The smallest absolute Gasteiger partial charge is 0.434 e. The number of hydrogen-bond acceptors (Lipinski definition) is 5. The lowest BCUT2D eigenvalue weighted by molar-refractivity contribution is -0.143. The molecular weight excluding hydrogens is 508 g/mol. The first-order chi connectivity index (χ1) is 18.1. The number of benzene rings is 2. The van der Waals surface area contributed by atoms with Crippen molar-refractivity contribution in [2.75, 3.05) is 0 Å². The van der Waals surface area contributed by atoms with Gasteiger partial charge in [0.05, 0.1) is 11.3 Å². The summed E-state index contributed by atoms with van der Waals surface area (Å²) >= 11 is 0. The molecule has 2 aromatic carbocycles. The van der Waals surface area contributed by atoms with Gasteiger partial charge in [-0.15, -0.1) is 0 Å². The van der Waals surface area contributed by atoms with Crippen LogP contribution in [-0.2, 0) is 12.7 Å². The van der Waals surface area contributed by atoms with E-state index in [1.807, 2.05) is 0 Å². The largest absolute Gasteiger partial charge is 0.452 e. The van der Waals surface area contributed by atoms with E-state index in [9.17, 15) is 22.8 Å². The summed E-state index contributed by atoms with van der Waals surface area (Å²) in [6.45, 7) is 2.03. The molecule has 5 rings (SSSR count). The number of nitrogens with one attached hydrogen (secondary N) is 1. The molecule has 0 bridgehead atoms. The van der Waals surface area contributed by atoms with E-state index in [0.717, 1.165) is 6.07 Å². The number of nitrogens with two attached hydrogens (primary N) is 1. The van der Waals surface area contributed by atoms with Gasteiger partial charge >= 0.3 is 11.9 Å². The van der Waals surface area contributed by atoms with Gasteiger partial charge in [0.1, 0.15) is 11.2 Å². The zero-order chi connectivity index (χ0) is 27.2. The molecule has 0 aliphatic rings. The number of ether oxygens (including phenoxy) is 1. The fraction of sp³-hybridized carbons (Fsp3) is 0.120. The van der Waals surface area contributed by atoms with Crippen molar-refractivity contribution in [2.45, 2.75) is 19.6 Å². The molecule has 0 atom stereocenters. The van der Waals surface area contributed by atoms with Gasteiger partial charge in [0, 0.05) is 24.4 Å². The number of amides is 1. The number of nitrogens with zero attached hydrogens (tertiary/aromatic N) is 4. The second-order valence-corrected chi connectivity index (χ2v) is 8.11. The molecular formula is C25H18F4N6O3. The van der Waals surface area contributed by atoms with Crippen LogP contribution < -0.4 is 16.2 Å². The average Bonchev–Trinajstić information content (AvgIpc) is 3.44. The van der Waals surface area contributed by atoms with Crippen molar-refractivity contribution < 1.29 is 27.1 Å². The van der Waals surface area contributed by atoms with Gasteiger partial charge in [-0.3, -0.25) is 14.3 Å². The highest BCUT2D eigenvalue weighted by Gasteiger charge is 2.42. The minimum absolute atomic E-state index is 0.0316. The Kier molecular flexibility index (Phi) is 5.97. The Balaban J connectivity index is 1.62. The third-order valence-electron chi connectivity index (χ3n) is 5.77. The van der Waals surface area contributed by atoms with Crippen LogP contribution in [0, 0.1) is 5.82 Å². The number of carbonyl (C=O) groups excluding carboxylic acids is 1. The Hall–Kier alpha value is -4.94. The van der Waals surface area contributed by atoms with Crippen LogP contribution in [0.5, 0.6) is 11.5 Å². The molecule has 38 heavy (non-hydrogen) atoms. The third-order valence-corrected chi connectivity index (χ3v) is 5.77. The lowest BCUT2D eigenvalue weighted by atomic mass is 10.0. The molecule has 0 saturated carbocycles. The maximum atomic E-state index is 15.2. The Labute approximate surface area is 211 Å². The summed E-state index contributed by atoms with van der Waals surface area (Å²) in [6.07, 6.45) is -3.63. The van der Waals surface area contributed by atoms with E-state index < -0.39 is 40.5 Å². The van der Waals surface area contributed by atoms with E-state index in [-0.39, 0.29) is 28.4 Å². The molecule has 0 aliphatic carbocycles. The number of hydrogen-bond donors (Lipinski definition) is 2. The molecule has 0 unspecified atom stereocenters. The SMILES string of the molecule is CCn1c(=O)[nH]c2nccc(Oc3ccc(-c4nn(-c5ccccc5)c(C(F)(F)F)c4C(N)=O)cc3F)c21. The van der Waals surface area contributed by atoms with E-state index in [1.54, 1.807) is 13.0 Å². The number of para-hydroxylation sites is 1. The van der Waals surface area contributed by atoms with E-state index in [0.29, 0.717) is 16.7 Å². The summed E-state index contributed by atoms with van der Waals surface area (Å²) in [4.78, 5) is 31.0. The lowest BCUT2D eigenvalue weighted by Crippen LogP contribution is -2.21. The van der Waals surface area contributed by atoms with E-state index in [4.69, 9.17) is 10.5 Å². The summed E-state index contributed by atoms with van der Waals surface area (Å²) in [7, 11) is 0. The van der Waals surface area contributed by atoms with Crippen LogP contribution in [0.4, 0.5) is 17.6 Å². The van der Waals surface area contributed by atoms with Gasteiger partial charge in [-0.05, 0) is 37.3 Å². The standard InChI is InChI=1S/C25H18F4N6O3/c1-2-34-20-17(10-11-31-23(20)32-24(34)37)38-16-9-8-13(12-15(16)26)19-18(22(30)36)21(25(27,28)29)35(33-19)14-6-4-3-5-7-14/h3-12H,2H2,1H3,(H2,30,36)(H,31,32,37). The molecule has 0 aliphatic heterocycles. The Bertz CT molecular complexity index is 1740. The van der Waals surface area contributed by atoms with Crippen molar-refractivity contribution in [3.63, 3.8) is 0 Å². The van der Waals surface area contributed by atoms with Gasteiger partial charge < -0.3 is 10.5 Å². The van der Waals surface area contributed by atoms with Crippen LogP contribution in [0.3, 0.4) is 0 Å². The number of aromatic nitrogens is 5.